The van der Waals surface area contributed by atoms with Crippen LogP contribution in [0.3, 0.4) is 0 Å². The van der Waals surface area contributed by atoms with Crippen molar-refractivity contribution in [2.45, 2.75) is 6.92 Å². The van der Waals surface area contributed by atoms with Crippen molar-refractivity contribution in [3.05, 3.63) is 81.2 Å². The van der Waals surface area contributed by atoms with E-state index in [1.54, 1.807) is 25.1 Å². The molecule has 15 heteroatoms. The Morgan fingerprint density at radius 1 is 1.23 bits per heavy atom. The molecule has 0 aliphatic carbocycles. The van der Waals surface area contributed by atoms with Gasteiger partial charge in [-0.15, -0.1) is 5.10 Å². The zero-order chi connectivity index (χ0) is 24.9. The van der Waals surface area contributed by atoms with Gasteiger partial charge in [-0.3, -0.25) is 14.9 Å². The van der Waals surface area contributed by atoms with Crippen molar-refractivity contribution in [1.29, 1.82) is 0 Å². The first kappa shape index (κ1) is 22.7. The Labute approximate surface area is 195 Å². The van der Waals surface area contributed by atoms with Crippen LogP contribution in [0.15, 0.2) is 58.3 Å². The van der Waals surface area contributed by atoms with Crippen molar-refractivity contribution < 1.29 is 23.9 Å². The molecule has 35 heavy (non-hydrogen) atoms. The smallest absolute Gasteiger partial charge is 0.343 e. The van der Waals surface area contributed by atoms with E-state index in [2.05, 4.69) is 35.8 Å². The van der Waals surface area contributed by atoms with Gasteiger partial charge in [0.15, 0.2) is 5.69 Å². The van der Waals surface area contributed by atoms with E-state index in [0.717, 1.165) is 4.68 Å². The SMILES string of the molecule is Cc1nnn(-c2nonc2N)c1C(=O)N/N=C/c1cccc(OC(=O)c2ccc([N+](=O)[O-])cc2)c1. The number of esters is 1. The topological polar surface area (TPSA) is 207 Å². The first-order valence-corrected chi connectivity index (χ1v) is 9.74. The fourth-order valence-electron chi connectivity index (χ4n) is 2.87. The van der Waals surface area contributed by atoms with Gasteiger partial charge < -0.3 is 10.5 Å². The van der Waals surface area contributed by atoms with Crippen molar-refractivity contribution in [2.75, 3.05) is 5.73 Å². The van der Waals surface area contributed by atoms with Gasteiger partial charge in [0.25, 0.3) is 11.6 Å². The number of nitro benzene ring substituents is 1. The number of anilines is 1. The molecular formula is C20H15N9O6. The molecule has 0 saturated heterocycles. The van der Waals surface area contributed by atoms with Crippen LogP contribution in [-0.4, -0.2) is 48.3 Å². The number of nitrogens with zero attached hydrogens (tertiary/aromatic N) is 7. The molecule has 176 valence electrons. The summed E-state index contributed by atoms with van der Waals surface area (Å²) in [5, 5.41) is 29.3. The summed E-state index contributed by atoms with van der Waals surface area (Å²) in [5.74, 6) is -1.21. The second-order valence-electron chi connectivity index (χ2n) is 6.87. The van der Waals surface area contributed by atoms with Crippen LogP contribution in [0.4, 0.5) is 11.5 Å². The van der Waals surface area contributed by atoms with Crippen molar-refractivity contribution in [2.24, 2.45) is 5.10 Å². The zero-order valence-corrected chi connectivity index (χ0v) is 17.9. The number of aromatic nitrogens is 5. The molecule has 0 radical (unpaired) electrons. The number of hydrazone groups is 1. The van der Waals surface area contributed by atoms with E-state index in [1.807, 2.05) is 0 Å². The molecule has 2 heterocycles. The van der Waals surface area contributed by atoms with Crippen molar-refractivity contribution in [3.63, 3.8) is 0 Å². The van der Waals surface area contributed by atoms with Crippen LogP contribution in [0.25, 0.3) is 5.82 Å². The molecule has 0 spiro atoms. The Kier molecular flexibility index (Phi) is 6.21. The number of nitrogens with two attached hydrogens (primary N) is 1. The largest absolute Gasteiger partial charge is 0.423 e. The second kappa shape index (κ2) is 9.57. The van der Waals surface area contributed by atoms with Crippen LogP contribution in [0, 0.1) is 17.0 Å². The minimum atomic E-state index is -0.694. The highest BCUT2D eigenvalue weighted by Gasteiger charge is 2.22. The summed E-state index contributed by atoms with van der Waals surface area (Å²) in [6.07, 6.45) is 1.33. The van der Waals surface area contributed by atoms with Crippen LogP contribution >= 0.6 is 0 Å². The molecule has 0 aliphatic heterocycles. The minimum absolute atomic E-state index is 0.00210. The molecule has 2 aromatic heterocycles. The van der Waals surface area contributed by atoms with Gasteiger partial charge in [0, 0.05) is 12.1 Å². The van der Waals surface area contributed by atoms with Gasteiger partial charge in [-0.25, -0.2) is 14.8 Å². The molecule has 3 N–H and O–H groups in total. The lowest BCUT2D eigenvalue weighted by molar-refractivity contribution is -0.384. The number of hydrogen-bond donors (Lipinski definition) is 2. The van der Waals surface area contributed by atoms with Gasteiger partial charge in [0.2, 0.25) is 11.6 Å². The summed E-state index contributed by atoms with van der Waals surface area (Å²) < 4.78 is 10.9. The van der Waals surface area contributed by atoms with E-state index in [1.165, 1.54) is 36.5 Å². The van der Waals surface area contributed by atoms with Gasteiger partial charge in [0.1, 0.15) is 5.75 Å². The molecule has 4 rings (SSSR count). The molecular weight excluding hydrogens is 462 g/mol. The number of carbonyl (C=O) groups excluding carboxylic acids is 2. The summed E-state index contributed by atoms with van der Waals surface area (Å²) in [4.78, 5) is 35.1. The van der Waals surface area contributed by atoms with Gasteiger partial charge in [-0.2, -0.15) is 9.78 Å². The van der Waals surface area contributed by atoms with Gasteiger partial charge >= 0.3 is 5.97 Å². The summed E-state index contributed by atoms with van der Waals surface area (Å²) >= 11 is 0. The van der Waals surface area contributed by atoms with E-state index in [4.69, 9.17) is 10.5 Å². The number of non-ortho nitro benzene ring substituents is 1. The van der Waals surface area contributed by atoms with Crippen LogP contribution in [0.2, 0.25) is 0 Å². The first-order chi connectivity index (χ1) is 16.8. The van der Waals surface area contributed by atoms with Crippen LogP contribution in [0.5, 0.6) is 5.75 Å². The molecule has 2 aromatic carbocycles. The maximum Gasteiger partial charge on any atom is 0.343 e. The molecule has 1 amide bonds. The fourth-order valence-corrected chi connectivity index (χ4v) is 2.87. The average molecular weight is 477 g/mol. The predicted molar refractivity (Wildman–Crippen MR) is 118 cm³/mol. The highest BCUT2D eigenvalue weighted by molar-refractivity contribution is 5.95. The highest BCUT2D eigenvalue weighted by atomic mass is 16.6. The Morgan fingerprint density at radius 2 is 2.00 bits per heavy atom. The molecule has 0 bridgehead atoms. The van der Waals surface area contributed by atoms with E-state index in [9.17, 15) is 19.7 Å². The van der Waals surface area contributed by atoms with E-state index < -0.39 is 16.8 Å². The number of ether oxygens (including phenoxy) is 1. The number of benzene rings is 2. The number of rotatable bonds is 7. The van der Waals surface area contributed by atoms with Crippen LogP contribution in [0.1, 0.15) is 32.1 Å². The Morgan fingerprint density at radius 3 is 2.69 bits per heavy atom. The number of amides is 1. The molecule has 15 nitrogen and oxygen atoms in total. The Hall–Kier alpha value is -5.47. The van der Waals surface area contributed by atoms with E-state index >= 15 is 0 Å². The number of nitrogens with one attached hydrogen (secondary N) is 1. The number of nitrogen functional groups attached to an aromatic ring is 1. The standard InChI is InChI=1S/C20H15N9O6/c1-11-16(28(27-23-11)18-17(21)25-35-26-18)19(30)24-22-10-12-3-2-4-15(9-12)34-20(31)13-5-7-14(8-6-13)29(32)33/h2-10H,1H3,(H2,21,25)(H,24,30)/b22-10+. The summed E-state index contributed by atoms with van der Waals surface area (Å²) in [5.41, 5.74) is 8.82. The average Bonchev–Trinajstić information content (AvgIpc) is 3.44. The van der Waals surface area contributed by atoms with Gasteiger partial charge in [-0.05, 0) is 47.1 Å². The van der Waals surface area contributed by atoms with E-state index in [-0.39, 0.29) is 34.3 Å². The third-order valence-electron chi connectivity index (χ3n) is 4.51. The molecule has 0 atom stereocenters. The number of carbonyl (C=O) groups is 2. The summed E-state index contributed by atoms with van der Waals surface area (Å²) in [7, 11) is 0. The number of hydrogen-bond acceptors (Lipinski definition) is 12. The number of nitro groups is 1. The summed E-state index contributed by atoms with van der Waals surface area (Å²) in [6, 6.07) is 11.3. The monoisotopic (exact) mass is 477 g/mol. The lowest BCUT2D eigenvalue weighted by Crippen LogP contribution is -2.22. The molecule has 4 aromatic rings. The second-order valence-corrected chi connectivity index (χ2v) is 6.87. The minimum Gasteiger partial charge on any atom is -0.423 e. The predicted octanol–water partition coefficient (Wildman–Crippen LogP) is 1.43. The zero-order valence-electron chi connectivity index (χ0n) is 17.9. The highest BCUT2D eigenvalue weighted by Crippen LogP contribution is 2.17. The quantitative estimate of drug-likeness (QED) is 0.128. The van der Waals surface area contributed by atoms with Crippen molar-refractivity contribution >= 4 is 29.6 Å². The van der Waals surface area contributed by atoms with Crippen LogP contribution in [-0.2, 0) is 0 Å². The third-order valence-corrected chi connectivity index (χ3v) is 4.51. The van der Waals surface area contributed by atoms with E-state index in [0.29, 0.717) is 11.3 Å². The molecule has 0 saturated carbocycles. The van der Waals surface area contributed by atoms with Gasteiger partial charge in [-0.1, -0.05) is 17.3 Å². The lowest BCUT2D eigenvalue weighted by atomic mass is 10.2. The first-order valence-electron chi connectivity index (χ1n) is 9.74. The lowest BCUT2D eigenvalue weighted by Gasteiger charge is -2.05. The molecule has 0 unspecified atom stereocenters. The van der Waals surface area contributed by atoms with Crippen molar-refractivity contribution in [3.8, 4) is 11.6 Å². The maximum atomic E-state index is 12.6. The molecule has 0 aliphatic rings. The van der Waals surface area contributed by atoms with Crippen LogP contribution < -0.4 is 15.9 Å². The molecule has 0 fully saturated rings. The van der Waals surface area contributed by atoms with Gasteiger partial charge in [0.05, 0.1) is 22.4 Å². The summed E-state index contributed by atoms with van der Waals surface area (Å²) in [6.45, 7) is 1.56. The Balaban J connectivity index is 1.42. The normalized spacial score (nSPS) is 10.9. The fraction of sp³-hybridized carbons (Fsp3) is 0.0500. The number of aryl methyl sites for hydroxylation is 1. The maximum absolute atomic E-state index is 12.6. The Bertz CT molecular complexity index is 1440. The third kappa shape index (κ3) is 4.98. The van der Waals surface area contributed by atoms with Crippen molar-refractivity contribution in [1.82, 2.24) is 30.7 Å².